The molecule has 0 saturated carbocycles. The Labute approximate surface area is 125 Å². The third-order valence-electron chi connectivity index (χ3n) is 4.05. The highest BCUT2D eigenvalue weighted by Gasteiger charge is 2.35. The zero-order valence-electron chi connectivity index (χ0n) is 12.0. The molecular formula is C13H22ClN5O. The molecule has 1 fully saturated rings. The van der Waals surface area contributed by atoms with Gasteiger partial charge in [-0.1, -0.05) is 6.92 Å². The van der Waals surface area contributed by atoms with Gasteiger partial charge >= 0.3 is 0 Å². The van der Waals surface area contributed by atoms with E-state index in [-0.39, 0.29) is 30.4 Å². The molecule has 112 valence electrons. The van der Waals surface area contributed by atoms with Gasteiger partial charge in [0.1, 0.15) is 6.04 Å². The molecular weight excluding hydrogens is 278 g/mol. The summed E-state index contributed by atoms with van der Waals surface area (Å²) in [5.41, 5.74) is 0. The van der Waals surface area contributed by atoms with Gasteiger partial charge in [-0.15, -0.1) is 22.6 Å². The van der Waals surface area contributed by atoms with Crippen LogP contribution in [0.1, 0.15) is 56.8 Å². The number of nitrogens with zero attached hydrogens (tertiary/aromatic N) is 4. The number of amides is 1. The highest BCUT2D eigenvalue weighted by Crippen LogP contribution is 2.29. The highest BCUT2D eigenvalue weighted by molar-refractivity contribution is 5.85. The molecule has 2 aliphatic rings. The van der Waals surface area contributed by atoms with Crippen molar-refractivity contribution < 1.29 is 4.79 Å². The number of rotatable bonds is 3. The van der Waals surface area contributed by atoms with E-state index in [4.69, 9.17) is 0 Å². The van der Waals surface area contributed by atoms with E-state index in [9.17, 15) is 4.79 Å². The van der Waals surface area contributed by atoms with Crippen LogP contribution < -0.4 is 5.32 Å². The molecule has 1 saturated heterocycles. The second-order valence-corrected chi connectivity index (χ2v) is 5.43. The number of hydrogen-bond donors (Lipinski definition) is 1. The number of nitrogens with one attached hydrogen (secondary N) is 1. The van der Waals surface area contributed by atoms with Gasteiger partial charge in [0.25, 0.3) is 0 Å². The van der Waals surface area contributed by atoms with E-state index < -0.39 is 0 Å². The topological polar surface area (TPSA) is 63.1 Å². The minimum atomic E-state index is -0.178. The quantitative estimate of drug-likeness (QED) is 0.917. The van der Waals surface area contributed by atoms with Crippen molar-refractivity contribution in [3.8, 4) is 0 Å². The molecule has 1 N–H and O–H groups in total. The van der Waals surface area contributed by atoms with E-state index in [0.29, 0.717) is 6.54 Å². The Bertz CT molecular complexity index is 483. The average molecular weight is 300 g/mol. The van der Waals surface area contributed by atoms with Crippen molar-refractivity contribution in [3.05, 3.63) is 11.6 Å². The van der Waals surface area contributed by atoms with Gasteiger partial charge in [-0.2, -0.15) is 0 Å². The molecule has 0 aromatic carbocycles. The van der Waals surface area contributed by atoms with Crippen LogP contribution in [0.15, 0.2) is 0 Å². The maximum atomic E-state index is 12.4. The summed E-state index contributed by atoms with van der Waals surface area (Å²) in [4.78, 5) is 14.3. The Morgan fingerprint density at radius 3 is 2.85 bits per heavy atom. The minimum Gasteiger partial charge on any atom is -0.333 e. The number of carbonyl (C=O) groups excluding carboxylic acids is 1. The van der Waals surface area contributed by atoms with Gasteiger partial charge in [0.05, 0.1) is 12.6 Å². The Hall–Kier alpha value is -1.14. The third kappa shape index (κ3) is 2.42. The third-order valence-corrected chi connectivity index (χ3v) is 4.05. The lowest BCUT2D eigenvalue weighted by Crippen LogP contribution is -2.42. The molecule has 0 aliphatic carbocycles. The summed E-state index contributed by atoms with van der Waals surface area (Å²) >= 11 is 0. The van der Waals surface area contributed by atoms with E-state index in [1.54, 1.807) is 0 Å². The summed E-state index contributed by atoms with van der Waals surface area (Å²) in [7, 11) is 0. The lowest BCUT2D eigenvalue weighted by molar-refractivity contribution is -0.137. The molecule has 1 aromatic heterocycles. The van der Waals surface area contributed by atoms with Crippen molar-refractivity contribution in [2.75, 3.05) is 13.1 Å². The van der Waals surface area contributed by atoms with E-state index in [2.05, 4.69) is 22.4 Å². The van der Waals surface area contributed by atoms with Crippen molar-refractivity contribution in [1.82, 2.24) is 25.0 Å². The van der Waals surface area contributed by atoms with Crippen LogP contribution in [0.2, 0.25) is 0 Å². The summed E-state index contributed by atoms with van der Waals surface area (Å²) in [6, 6.07) is 0.0805. The second-order valence-electron chi connectivity index (χ2n) is 5.43. The van der Waals surface area contributed by atoms with Gasteiger partial charge in [-0.25, -0.2) is 0 Å². The van der Waals surface area contributed by atoms with Gasteiger partial charge < -0.3 is 10.2 Å². The minimum absolute atomic E-state index is 0. The van der Waals surface area contributed by atoms with Crippen molar-refractivity contribution in [2.24, 2.45) is 0 Å². The fourth-order valence-corrected chi connectivity index (χ4v) is 3.09. The fraction of sp³-hybridized carbons (Fsp3) is 0.769. The van der Waals surface area contributed by atoms with Crippen LogP contribution in [0.25, 0.3) is 0 Å². The lowest BCUT2D eigenvalue weighted by Gasteiger charge is -2.32. The number of hydrogen-bond acceptors (Lipinski definition) is 4. The molecule has 3 rings (SSSR count). The number of fused-ring (bicyclic) bond motifs is 1. The Morgan fingerprint density at radius 1 is 1.40 bits per heavy atom. The zero-order chi connectivity index (χ0) is 13.4. The molecule has 0 radical (unpaired) electrons. The molecule has 1 aromatic rings. The van der Waals surface area contributed by atoms with E-state index in [1.165, 1.54) is 0 Å². The van der Waals surface area contributed by atoms with Crippen molar-refractivity contribution in [3.63, 3.8) is 0 Å². The molecule has 3 heterocycles. The maximum absolute atomic E-state index is 12.4. The standard InChI is InChI=1S/C13H21N5O.ClH/c1-3-7-17-8-11-15-16-12(10-5-4-6-14-10)18(11)9(2)13(17)19;/h9-10,14H,3-8H2,1-2H3;1H/t9-,10+;/m1./s1. The molecule has 20 heavy (non-hydrogen) atoms. The fourth-order valence-electron chi connectivity index (χ4n) is 3.09. The molecule has 0 spiro atoms. The van der Waals surface area contributed by atoms with Crippen LogP contribution in [-0.4, -0.2) is 38.7 Å². The Morgan fingerprint density at radius 2 is 2.20 bits per heavy atom. The van der Waals surface area contributed by atoms with E-state index >= 15 is 0 Å². The number of halogens is 1. The Kier molecular flexibility index (Phi) is 4.65. The van der Waals surface area contributed by atoms with Gasteiger partial charge in [-0.3, -0.25) is 9.36 Å². The molecule has 2 atom stereocenters. The molecule has 2 aliphatic heterocycles. The second kappa shape index (κ2) is 6.10. The first-order chi connectivity index (χ1) is 9.22. The summed E-state index contributed by atoms with van der Waals surface area (Å²) in [5.74, 6) is 2.04. The van der Waals surface area contributed by atoms with E-state index in [0.717, 1.165) is 44.0 Å². The lowest BCUT2D eigenvalue weighted by atomic mass is 10.1. The van der Waals surface area contributed by atoms with Crippen LogP contribution in [-0.2, 0) is 11.3 Å². The SMILES string of the molecule is CCCN1Cc2nnc([C@@H]3CCCN3)n2[C@H](C)C1=O.Cl. The number of aromatic nitrogens is 3. The van der Waals surface area contributed by atoms with Crippen LogP contribution in [0.5, 0.6) is 0 Å². The predicted octanol–water partition coefficient (Wildman–Crippen LogP) is 1.44. The highest BCUT2D eigenvalue weighted by atomic mass is 35.5. The van der Waals surface area contributed by atoms with Crippen LogP contribution in [0.4, 0.5) is 0 Å². The first-order valence-corrected chi connectivity index (χ1v) is 7.18. The maximum Gasteiger partial charge on any atom is 0.245 e. The van der Waals surface area contributed by atoms with Crippen molar-refractivity contribution >= 4 is 18.3 Å². The van der Waals surface area contributed by atoms with Crippen molar-refractivity contribution in [1.29, 1.82) is 0 Å². The van der Waals surface area contributed by atoms with Crippen LogP contribution in [0.3, 0.4) is 0 Å². The average Bonchev–Trinajstić information content (AvgIpc) is 3.03. The molecule has 0 unspecified atom stereocenters. The zero-order valence-corrected chi connectivity index (χ0v) is 12.8. The van der Waals surface area contributed by atoms with E-state index in [1.807, 2.05) is 16.4 Å². The first kappa shape index (κ1) is 15.3. The van der Waals surface area contributed by atoms with Crippen molar-refractivity contribution in [2.45, 2.75) is 51.7 Å². The largest absolute Gasteiger partial charge is 0.333 e. The number of carbonyl (C=O) groups is 1. The van der Waals surface area contributed by atoms with Crippen LogP contribution >= 0.6 is 12.4 Å². The van der Waals surface area contributed by atoms with Gasteiger partial charge in [-0.05, 0) is 32.7 Å². The summed E-state index contributed by atoms with van der Waals surface area (Å²) in [5, 5.41) is 12.1. The summed E-state index contributed by atoms with van der Waals surface area (Å²) in [6.07, 6.45) is 3.22. The normalized spacial score (nSPS) is 25.5. The summed E-state index contributed by atoms with van der Waals surface area (Å²) < 4.78 is 2.04. The Balaban J connectivity index is 0.00000147. The molecule has 6 nitrogen and oxygen atoms in total. The first-order valence-electron chi connectivity index (χ1n) is 7.18. The van der Waals surface area contributed by atoms with Gasteiger partial charge in [0.2, 0.25) is 5.91 Å². The smallest absolute Gasteiger partial charge is 0.245 e. The summed E-state index contributed by atoms with van der Waals surface area (Å²) in [6.45, 7) is 6.46. The van der Waals surface area contributed by atoms with Crippen LogP contribution in [0, 0.1) is 0 Å². The van der Waals surface area contributed by atoms with Gasteiger partial charge in [0.15, 0.2) is 11.6 Å². The molecule has 1 amide bonds. The molecule has 0 bridgehead atoms. The molecule has 7 heteroatoms. The van der Waals surface area contributed by atoms with Gasteiger partial charge in [0, 0.05) is 6.54 Å². The monoisotopic (exact) mass is 299 g/mol. The predicted molar refractivity (Wildman–Crippen MR) is 77.7 cm³/mol.